The molecule has 1 amide bonds. The number of morpholine rings is 1. The fraction of sp³-hybridized carbons (Fsp3) is 0.529. The minimum Gasteiger partial charge on any atom is -0.378 e. The van der Waals surface area contributed by atoms with E-state index in [-0.39, 0.29) is 17.2 Å². The van der Waals surface area contributed by atoms with Crippen molar-refractivity contribution in [1.29, 1.82) is 0 Å². The van der Waals surface area contributed by atoms with Crippen LogP contribution in [-0.4, -0.2) is 58.2 Å². The fourth-order valence-electron chi connectivity index (χ4n) is 2.59. The van der Waals surface area contributed by atoms with Crippen molar-refractivity contribution in [3.05, 3.63) is 24.3 Å². The SMILES string of the molecule is CC(C)(C)n1nnnc1SCC(=O)Nc1ccc(N2CCOCC2)cc1. The van der Waals surface area contributed by atoms with Gasteiger partial charge >= 0.3 is 0 Å². The largest absolute Gasteiger partial charge is 0.378 e. The summed E-state index contributed by atoms with van der Waals surface area (Å²) in [4.78, 5) is 14.5. The average Bonchev–Trinajstić information content (AvgIpc) is 3.10. The highest BCUT2D eigenvalue weighted by molar-refractivity contribution is 7.99. The zero-order chi connectivity index (χ0) is 18.6. The lowest BCUT2D eigenvalue weighted by atomic mass is 10.1. The third-order valence-electron chi connectivity index (χ3n) is 3.94. The van der Waals surface area contributed by atoms with Crippen LogP contribution in [-0.2, 0) is 15.1 Å². The van der Waals surface area contributed by atoms with E-state index in [2.05, 4.69) is 25.7 Å². The molecule has 1 aliphatic rings. The summed E-state index contributed by atoms with van der Waals surface area (Å²) in [6.45, 7) is 9.35. The average molecular weight is 376 g/mol. The Morgan fingerprint density at radius 2 is 1.92 bits per heavy atom. The van der Waals surface area contributed by atoms with Crippen LogP contribution in [0.4, 0.5) is 11.4 Å². The maximum absolute atomic E-state index is 12.2. The Kier molecular flexibility index (Phi) is 5.77. The highest BCUT2D eigenvalue weighted by Crippen LogP contribution is 2.22. The maximum atomic E-state index is 12.2. The van der Waals surface area contributed by atoms with Crippen molar-refractivity contribution in [3.63, 3.8) is 0 Å². The van der Waals surface area contributed by atoms with Crippen LogP contribution in [0.25, 0.3) is 0 Å². The van der Waals surface area contributed by atoms with Gasteiger partial charge in [-0.2, -0.15) is 0 Å². The molecule has 9 heteroatoms. The summed E-state index contributed by atoms with van der Waals surface area (Å²) in [5, 5.41) is 15.2. The second kappa shape index (κ2) is 8.05. The molecule has 0 unspecified atom stereocenters. The second-order valence-electron chi connectivity index (χ2n) is 7.03. The van der Waals surface area contributed by atoms with E-state index < -0.39 is 0 Å². The van der Waals surface area contributed by atoms with Crippen LogP contribution in [0.3, 0.4) is 0 Å². The van der Waals surface area contributed by atoms with Crippen LogP contribution < -0.4 is 10.2 Å². The molecule has 0 spiro atoms. The van der Waals surface area contributed by atoms with Crippen molar-refractivity contribution < 1.29 is 9.53 Å². The highest BCUT2D eigenvalue weighted by Gasteiger charge is 2.20. The molecule has 0 aliphatic carbocycles. The summed E-state index contributed by atoms with van der Waals surface area (Å²) in [6, 6.07) is 7.89. The predicted octanol–water partition coefficient (Wildman–Crippen LogP) is 2.00. The molecule has 1 fully saturated rings. The molecule has 0 bridgehead atoms. The van der Waals surface area contributed by atoms with Crippen molar-refractivity contribution in [2.75, 3.05) is 42.3 Å². The van der Waals surface area contributed by atoms with Gasteiger partial charge in [0.2, 0.25) is 11.1 Å². The van der Waals surface area contributed by atoms with E-state index in [4.69, 9.17) is 4.74 Å². The van der Waals surface area contributed by atoms with Crippen LogP contribution in [0.1, 0.15) is 20.8 Å². The number of hydrogen-bond donors (Lipinski definition) is 1. The van der Waals surface area contributed by atoms with E-state index in [1.807, 2.05) is 45.0 Å². The Hall–Kier alpha value is -2.13. The van der Waals surface area contributed by atoms with Crippen LogP contribution in [0.15, 0.2) is 29.4 Å². The smallest absolute Gasteiger partial charge is 0.234 e. The molecular formula is C17H24N6O2S. The lowest BCUT2D eigenvalue weighted by molar-refractivity contribution is -0.113. The number of ether oxygens (including phenoxy) is 1. The molecule has 8 nitrogen and oxygen atoms in total. The van der Waals surface area contributed by atoms with E-state index >= 15 is 0 Å². The Bertz CT molecular complexity index is 734. The van der Waals surface area contributed by atoms with E-state index in [0.29, 0.717) is 5.16 Å². The van der Waals surface area contributed by atoms with Crippen molar-refractivity contribution in [1.82, 2.24) is 20.2 Å². The molecule has 2 heterocycles. The number of rotatable bonds is 5. The normalized spacial score (nSPS) is 15.1. The van der Waals surface area contributed by atoms with E-state index in [9.17, 15) is 4.79 Å². The monoisotopic (exact) mass is 376 g/mol. The summed E-state index contributed by atoms with van der Waals surface area (Å²) in [7, 11) is 0. The fourth-order valence-corrected chi connectivity index (χ4v) is 3.45. The number of tetrazole rings is 1. The van der Waals surface area contributed by atoms with Gasteiger partial charge in [-0.1, -0.05) is 11.8 Å². The summed E-state index contributed by atoms with van der Waals surface area (Å²) in [5.74, 6) is 0.166. The molecule has 1 aromatic carbocycles. The summed E-state index contributed by atoms with van der Waals surface area (Å²) >= 11 is 1.33. The third-order valence-corrected chi connectivity index (χ3v) is 4.86. The molecule has 1 aliphatic heterocycles. The number of aromatic nitrogens is 4. The quantitative estimate of drug-likeness (QED) is 0.799. The van der Waals surface area contributed by atoms with Gasteiger partial charge in [0.15, 0.2) is 0 Å². The van der Waals surface area contributed by atoms with Crippen LogP contribution in [0.5, 0.6) is 0 Å². The first-order chi connectivity index (χ1) is 12.4. The molecule has 3 rings (SSSR count). The zero-order valence-corrected chi connectivity index (χ0v) is 16.1. The molecular weight excluding hydrogens is 352 g/mol. The first-order valence-electron chi connectivity index (χ1n) is 8.58. The van der Waals surface area contributed by atoms with Gasteiger partial charge in [-0.15, -0.1) is 5.10 Å². The minimum absolute atomic E-state index is 0.0856. The van der Waals surface area contributed by atoms with Crippen molar-refractivity contribution in [3.8, 4) is 0 Å². The van der Waals surface area contributed by atoms with Crippen molar-refractivity contribution >= 4 is 29.0 Å². The molecule has 26 heavy (non-hydrogen) atoms. The number of carbonyl (C=O) groups is 1. The summed E-state index contributed by atoms with van der Waals surface area (Å²) < 4.78 is 7.09. The summed E-state index contributed by atoms with van der Waals surface area (Å²) in [6.07, 6.45) is 0. The lowest BCUT2D eigenvalue weighted by Gasteiger charge is -2.28. The number of nitrogens with one attached hydrogen (secondary N) is 1. The Balaban J connectivity index is 1.53. The predicted molar refractivity (Wildman–Crippen MR) is 102 cm³/mol. The van der Waals surface area contributed by atoms with Gasteiger partial charge in [0, 0.05) is 24.5 Å². The number of nitrogens with zero attached hydrogens (tertiary/aromatic N) is 5. The Morgan fingerprint density at radius 1 is 1.23 bits per heavy atom. The maximum Gasteiger partial charge on any atom is 0.234 e. The van der Waals surface area contributed by atoms with E-state index in [0.717, 1.165) is 37.7 Å². The van der Waals surface area contributed by atoms with Gasteiger partial charge in [-0.05, 0) is 55.5 Å². The molecule has 0 radical (unpaired) electrons. The molecule has 0 saturated carbocycles. The zero-order valence-electron chi connectivity index (χ0n) is 15.3. The number of amides is 1. The standard InChI is InChI=1S/C17H24N6O2S/c1-17(2,3)23-16(19-20-21-23)26-12-15(24)18-13-4-6-14(7-5-13)22-8-10-25-11-9-22/h4-7H,8-12H2,1-3H3,(H,18,24). The molecule has 1 aromatic heterocycles. The first kappa shape index (κ1) is 18.7. The minimum atomic E-state index is -0.225. The molecule has 140 valence electrons. The number of benzene rings is 1. The topological polar surface area (TPSA) is 85.2 Å². The molecule has 1 saturated heterocycles. The second-order valence-corrected chi connectivity index (χ2v) is 7.97. The summed E-state index contributed by atoms with van der Waals surface area (Å²) in [5.41, 5.74) is 1.70. The Morgan fingerprint density at radius 3 is 2.58 bits per heavy atom. The van der Waals surface area contributed by atoms with Crippen LogP contribution in [0, 0.1) is 0 Å². The van der Waals surface area contributed by atoms with Crippen molar-refractivity contribution in [2.24, 2.45) is 0 Å². The van der Waals surface area contributed by atoms with Crippen molar-refractivity contribution in [2.45, 2.75) is 31.5 Å². The number of carbonyl (C=O) groups excluding carboxylic acids is 1. The first-order valence-corrected chi connectivity index (χ1v) is 9.56. The molecule has 1 N–H and O–H groups in total. The Labute approximate surface area is 157 Å². The molecule has 0 atom stereocenters. The van der Waals surface area contributed by atoms with Crippen LogP contribution in [0.2, 0.25) is 0 Å². The van der Waals surface area contributed by atoms with Gasteiger partial charge < -0.3 is 15.0 Å². The molecule has 2 aromatic rings. The van der Waals surface area contributed by atoms with Crippen LogP contribution >= 0.6 is 11.8 Å². The van der Waals surface area contributed by atoms with Gasteiger partial charge in [0.05, 0.1) is 24.5 Å². The number of hydrogen-bond acceptors (Lipinski definition) is 7. The van der Waals surface area contributed by atoms with Gasteiger partial charge in [0.1, 0.15) is 0 Å². The lowest BCUT2D eigenvalue weighted by Crippen LogP contribution is -2.36. The van der Waals surface area contributed by atoms with E-state index in [1.165, 1.54) is 11.8 Å². The van der Waals surface area contributed by atoms with Gasteiger partial charge in [0.25, 0.3) is 0 Å². The van der Waals surface area contributed by atoms with Gasteiger partial charge in [-0.3, -0.25) is 4.79 Å². The van der Waals surface area contributed by atoms with E-state index in [1.54, 1.807) is 4.68 Å². The van der Waals surface area contributed by atoms with Gasteiger partial charge in [-0.25, -0.2) is 4.68 Å². The number of anilines is 2. The highest BCUT2D eigenvalue weighted by atomic mass is 32.2. The number of thioether (sulfide) groups is 1. The third kappa shape index (κ3) is 4.73.